The van der Waals surface area contributed by atoms with Crippen molar-refractivity contribution in [2.75, 3.05) is 37.2 Å². The summed E-state index contributed by atoms with van der Waals surface area (Å²) in [5.41, 5.74) is 1.76. The summed E-state index contributed by atoms with van der Waals surface area (Å²) in [4.78, 5) is 25.9. The van der Waals surface area contributed by atoms with Crippen molar-refractivity contribution in [1.82, 2.24) is 9.21 Å². The highest BCUT2D eigenvalue weighted by atomic mass is 32.2. The highest BCUT2D eigenvalue weighted by Gasteiger charge is 2.30. The highest BCUT2D eigenvalue weighted by molar-refractivity contribution is 7.92. The maximum atomic E-state index is 12.9. The van der Waals surface area contributed by atoms with Crippen LogP contribution in [0, 0.1) is 6.92 Å². The van der Waals surface area contributed by atoms with E-state index in [-0.39, 0.29) is 42.8 Å². The van der Waals surface area contributed by atoms with E-state index in [0.717, 1.165) is 6.26 Å². The lowest BCUT2D eigenvalue weighted by molar-refractivity contribution is 0.0698. The van der Waals surface area contributed by atoms with E-state index in [4.69, 9.17) is 0 Å². The van der Waals surface area contributed by atoms with Gasteiger partial charge in [-0.15, -0.1) is 0 Å². The van der Waals surface area contributed by atoms with Crippen LogP contribution >= 0.6 is 0 Å². The summed E-state index contributed by atoms with van der Waals surface area (Å²) < 4.78 is 52.6. The van der Waals surface area contributed by atoms with E-state index in [1.165, 1.54) is 41.6 Å². The summed E-state index contributed by atoms with van der Waals surface area (Å²) in [5.74, 6) is -0.448. The van der Waals surface area contributed by atoms with Crippen LogP contribution in [0.25, 0.3) is 0 Å². The molecule has 1 amide bonds. The number of sulfonamides is 2. The molecular formula is C21H25N3O6S2. The molecule has 2 aromatic carbocycles. The Kier molecular flexibility index (Phi) is 6.72. The fourth-order valence-corrected chi connectivity index (χ4v) is 5.43. The first-order valence-corrected chi connectivity index (χ1v) is 13.2. The number of piperazine rings is 1. The highest BCUT2D eigenvalue weighted by Crippen LogP contribution is 2.22. The van der Waals surface area contributed by atoms with Crippen molar-refractivity contribution in [3.63, 3.8) is 0 Å². The van der Waals surface area contributed by atoms with Crippen LogP contribution in [-0.4, -0.2) is 70.2 Å². The Balaban J connectivity index is 1.70. The third-order valence-electron chi connectivity index (χ3n) is 5.20. The van der Waals surface area contributed by atoms with Gasteiger partial charge >= 0.3 is 0 Å². The van der Waals surface area contributed by atoms with Crippen LogP contribution in [0.15, 0.2) is 47.4 Å². The summed E-state index contributed by atoms with van der Waals surface area (Å²) in [5, 5.41) is 0. The first kappa shape index (κ1) is 23.9. The van der Waals surface area contributed by atoms with Gasteiger partial charge in [-0.2, -0.15) is 4.31 Å². The normalized spacial score (nSPS) is 15.4. The summed E-state index contributed by atoms with van der Waals surface area (Å²) in [6, 6.07) is 10.5. The first-order chi connectivity index (χ1) is 14.9. The summed E-state index contributed by atoms with van der Waals surface area (Å²) >= 11 is 0. The molecule has 1 aliphatic heterocycles. The van der Waals surface area contributed by atoms with Crippen LogP contribution in [0.5, 0.6) is 0 Å². The molecule has 1 aliphatic rings. The molecule has 1 N–H and O–H groups in total. The van der Waals surface area contributed by atoms with Gasteiger partial charge in [0, 0.05) is 37.3 Å². The Hall–Kier alpha value is -2.76. The van der Waals surface area contributed by atoms with Crippen LogP contribution in [0.1, 0.15) is 33.2 Å². The number of nitrogens with one attached hydrogen (secondary N) is 1. The predicted octanol–water partition coefficient (Wildman–Crippen LogP) is 1.72. The van der Waals surface area contributed by atoms with Crippen molar-refractivity contribution in [3.05, 3.63) is 59.2 Å². The van der Waals surface area contributed by atoms with Crippen molar-refractivity contribution in [1.29, 1.82) is 0 Å². The molecule has 9 nitrogen and oxygen atoms in total. The van der Waals surface area contributed by atoms with Gasteiger partial charge in [0.1, 0.15) is 0 Å². The van der Waals surface area contributed by atoms with Crippen molar-refractivity contribution in [3.8, 4) is 0 Å². The zero-order chi connectivity index (χ0) is 23.7. The molecule has 0 atom stereocenters. The first-order valence-electron chi connectivity index (χ1n) is 9.87. The van der Waals surface area contributed by atoms with Crippen LogP contribution in [-0.2, 0) is 20.0 Å². The van der Waals surface area contributed by atoms with Gasteiger partial charge in [-0.25, -0.2) is 16.8 Å². The Morgan fingerprint density at radius 3 is 1.97 bits per heavy atom. The summed E-state index contributed by atoms with van der Waals surface area (Å²) in [6.07, 6.45) is 1.04. The van der Waals surface area contributed by atoms with Gasteiger partial charge in [-0.1, -0.05) is 18.2 Å². The van der Waals surface area contributed by atoms with Gasteiger partial charge in [-0.05, 0) is 43.7 Å². The molecule has 1 saturated heterocycles. The molecule has 0 saturated carbocycles. The van der Waals surface area contributed by atoms with Crippen molar-refractivity contribution >= 4 is 37.4 Å². The largest absolute Gasteiger partial charge is 0.336 e. The minimum Gasteiger partial charge on any atom is -0.336 e. The van der Waals surface area contributed by atoms with E-state index in [2.05, 4.69) is 4.72 Å². The smallest absolute Gasteiger partial charge is 0.254 e. The number of ketones is 1. The number of rotatable bonds is 6. The van der Waals surface area contributed by atoms with Crippen molar-refractivity contribution < 1.29 is 26.4 Å². The number of nitrogens with zero attached hydrogens (tertiary/aromatic N) is 2. The fraction of sp³-hybridized carbons (Fsp3) is 0.333. The minimum atomic E-state index is -3.74. The number of carbonyl (C=O) groups excluding carboxylic acids is 2. The van der Waals surface area contributed by atoms with E-state index in [0.29, 0.717) is 22.4 Å². The number of anilines is 1. The van der Waals surface area contributed by atoms with E-state index in [1.807, 2.05) is 0 Å². The SMILES string of the molecule is CC(=O)c1ccc(S(=O)(=O)N2CCN(C(=O)c3ccc(C)c(NS(C)(=O)=O)c3)CC2)cc1. The van der Waals surface area contributed by atoms with Gasteiger partial charge in [-0.3, -0.25) is 14.3 Å². The molecule has 32 heavy (non-hydrogen) atoms. The summed E-state index contributed by atoms with van der Waals surface area (Å²) in [6.45, 7) is 3.80. The molecule has 0 aliphatic carbocycles. The van der Waals surface area contributed by atoms with Crippen LogP contribution in [0.3, 0.4) is 0 Å². The molecule has 0 unspecified atom stereocenters. The van der Waals surface area contributed by atoms with Gasteiger partial charge in [0.25, 0.3) is 5.91 Å². The Bertz CT molecular complexity index is 1250. The van der Waals surface area contributed by atoms with Crippen LogP contribution < -0.4 is 4.72 Å². The van der Waals surface area contributed by atoms with Crippen LogP contribution in [0.2, 0.25) is 0 Å². The second-order valence-electron chi connectivity index (χ2n) is 7.68. The second kappa shape index (κ2) is 9.00. The molecule has 0 radical (unpaired) electrons. The summed E-state index contributed by atoms with van der Waals surface area (Å²) in [7, 11) is -7.24. The lowest BCUT2D eigenvalue weighted by atomic mass is 10.1. The fourth-order valence-electron chi connectivity index (χ4n) is 3.39. The minimum absolute atomic E-state index is 0.0947. The van der Waals surface area contributed by atoms with Gasteiger partial charge in [0.05, 0.1) is 16.8 Å². The average Bonchev–Trinajstić information content (AvgIpc) is 2.74. The molecular weight excluding hydrogens is 454 g/mol. The number of benzene rings is 2. The molecule has 1 heterocycles. The number of hydrogen-bond acceptors (Lipinski definition) is 6. The molecule has 0 spiro atoms. The number of aryl methyl sites for hydroxylation is 1. The van der Waals surface area contributed by atoms with Crippen molar-refractivity contribution in [2.45, 2.75) is 18.7 Å². The lowest BCUT2D eigenvalue weighted by Gasteiger charge is -2.34. The third-order valence-corrected chi connectivity index (χ3v) is 7.71. The third kappa shape index (κ3) is 5.34. The van der Waals surface area contributed by atoms with E-state index >= 15 is 0 Å². The van der Waals surface area contributed by atoms with Gasteiger partial charge in [0.2, 0.25) is 20.0 Å². The Labute approximate surface area is 188 Å². The second-order valence-corrected chi connectivity index (χ2v) is 11.4. The lowest BCUT2D eigenvalue weighted by Crippen LogP contribution is -2.50. The van der Waals surface area contributed by atoms with E-state index < -0.39 is 20.0 Å². The molecule has 172 valence electrons. The zero-order valence-corrected chi connectivity index (χ0v) is 19.7. The predicted molar refractivity (Wildman–Crippen MR) is 121 cm³/mol. The van der Waals surface area contributed by atoms with Gasteiger partial charge in [0.15, 0.2) is 5.78 Å². The molecule has 3 rings (SSSR count). The van der Waals surface area contributed by atoms with Crippen LogP contribution in [0.4, 0.5) is 5.69 Å². The monoisotopic (exact) mass is 479 g/mol. The molecule has 11 heteroatoms. The van der Waals surface area contributed by atoms with Crippen molar-refractivity contribution in [2.24, 2.45) is 0 Å². The molecule has 1 fully saturated rings. The maximum absolute atomic E-state index is 12.9. The van der Waals surface area contributed by atoms with Gasteiger partial charge < -0.3 is 4.90 Å². The average molecular weight is 480 g/mol. The zero-order valence-electron chi connectivity index (χ0n) is 18.0. The molecule has 0 bridgehead atoms. The Morgan fingerprint density at radius 1 is 0.875 bits per heavy atom. The topological polar surface area (TPSA) is 121 Å². The van der Waals surface area contributed by atoms with E-state index in [9.17, 15) is 26.4 Å². The van der Waals surface area contributed by atoms with E-state index in [1.54, 1.807) is 24.0 Å². The number of amides is 1. The number of Topliss-reactive ketones (excluding diaryl/α,β-unsaturated/α-hetero) is 1. The quantitative estimate of drug-likeness (QED) is 0.630. The maximum Gasteiger partial charge on any atom is 0.254 e. The number of carbonyl (C=O) groups is 2. The Morgan fingerprint density at radius 2 is 1.44 bits per heavy atom. The number of hydrogen-bond donors (Lipinski definition) is 1. The standard InChI is InChI=1S/C21H25N3O6S2/c1-15-4-5-18(14-20(15)22-31(3,27)28)21(26)23-10-12-24(13-11-23)32(29,30)19-8-6-17(7-9-19)16(2)25/h4-9,14,22H,10-13H2,1-3H3. The molecule has 0 aromatic heterocycles. The molecule has 2 aromatic rings.